The maximum Gasteiger partial charge on any atom is 0.331 e. The van der Waals surface area contributed by atoms with E-state index in [1.165, 1.54) is 25.1 Å². The Hall–Kier alpha value is -2.02. The molecule has 1 heterocycles. The number of halogens is 2. The van der Waals surface area contributed by atoms with E-state index in [9.17, 15) is 14.3 Å². The average molecular weight is 299 g/mol. The van der Waals surface area contributed by atoms with E-state index in [2.05, 4.69) is 15.5 Å². The van der Waals surface area contributed by atoms with E-state index < -0.39 is 17.3 Å². The first-order valence-electron chi connectivity index (χ1n) is 5.88. The molecule has 1 aromatic carbocycles. The molecule has 0 saturated carbocycles. The van der Waals surface area contributed by atoms with Gasteiger partial charge in [0.15, 0.2) is 11.4 Å². The molecule has 0 radical (unpaired) electrons. The lowest BCUT2D eigenvalue weighted by atomic mass is 9.99. The van der Waals surface area contributed by atoms with Crippen molar-refractivity contribution >= 4 is 17.6 Å². The quantitative estimate of drug-likeness (QED) is 0.937. The number of carbonyl (C=O) groups is 1. The second-order valence-corrected chi connectivity index (χ2v) is 4.91. The van der Waals surface area contributed by atoms with Crippen molar-refractivity contribution in [2.45, 2.75) is 25.8 Å². The zero-order valence-corrected chi connectivity index (χ0v) is 11.6. The van der Waals surface area contributed by atoms with Gasteiger partial charge in [-0.15, -0.1) is 5.10 Å². The highest BCUT2D eigenvalue weighted by Gasteiger charge is 2.37. The van der Waals surface area contributed by atoms with Crippen LogP contribution in [0.3, 0.4) is 0 Å². The monoisotopic (exact) mass is 298 g/mol. The number of carboxylic acid groups (broad SMARTS) is 1. The molecule has 106 valence electrons. The third kappa shape index (κ3) is 2.24. The number of rotatable bonds is 4. The molecular weight excluding hydrogens is 287 g/mol. The number of tetrazole rings is 1. The van der Waals surface area contributed by atoms with E-state index in [-0.39, 0.29) is 17.8 Å². The van der Waals surface area contributed by atoms with Crippen LogP contribution in [0.2, 0.25) is 5.02 Å². The predicted molar refractivity (Wildman–Crippen MR) is 69.8 cm³/mol. The highest BCUT2D eigenvalue weighted by Crippen LogP contribution is 2.29. The molecule has 0 spiro atoms. The van der Waals surface area contributed by atoms with E-state index in [0.29, 0.717) is 5.02 Å². The Balaban J connectivity index is 2.64. The van der Waals surface area contributed by atoms with Crippen LogP contribution in [0, 0.1) is 5.82 Å². The van der Waals surface area contributed by atoms with Gasteiger partial charge in [-0.2, -0.15) is 0 Å². The standard InChI is InChI=1S/C12H12ClFN4O2/c1-3-12(2,11(19)20)18-10(15-16-17-18)8-6-7(13)4-5-9(8)14/h4-6H,3H2,1-2H3,(H,19,20). The highest BCUT2D eigenvalue weighted by molar-refractivity contribution is 6.30. The van der Waals surface area contributed by atoms with Crippen LogP contribution >= 0.6 is 11.6 Å². The van der Waals surface area contributed by atoms with Gasteiger partial charge in [0.1, 0.15) is 5.82 Å². The maximum absolute atomic E-state index is 13.9. The summed E-state index contributed by atoms with van der Waals surface area (Å²) in [6.07, 6.45) is 0.239. The van der Waals surface area contributed by atoms with Crippen LogP contribution in [0.15, 0.2) is 18.2 Å². The van der Waals surface area contributed by atoms with Gasteiger partial charge >= 0.3 is 5.97 Å². The van der Waals surface area contributed by atoms with E-state index in [1.54, 1.807) is 6.92 Å². The highest BCUT2D eigenvalue weighted by atomic mass is 35.5. The molecule has 0 aliphatic rings. The largest absolute Gasteiger partial charge is 0.479 e. The molecule has 0 aliphatic carbocycles. The molecule has 1 atom stereocenters. The van der Waals surface area contributed by atoms with E-state index in [0.717, 1.165) is 4.68 Å². The molecule has 20 heavy (non-hydrogen) atoms. The average Bonchev–Trinajstić information content (AvgIpc) is 2.90. The Kier molecular flexibility index (Phi) is 3.71. The number of hydrogen-bond acceptors (Lipinski definition) is 4. The third-order valence-electron chi connectivity index (χ3n) is 3.26. The fourth-order valence-electron chi connectivity index (χ4n) is 1.75. The smallest absolute Gasteiger partial charge is 0.331 e. The summed E-state index contributed by atoms with van der Waals surface area (Å²) < 4.78 is 15.0. The van der Waals surface area contributed by atoms with Gasteiger partial charge in [-0.3, -0.25) is 0 Å². The number of benzene rings is 1. The molecule has 0 bridgehead atoms. The van der Waals surface area contributed by atoms with Gasteiger partial charge in [-0.05, 0) is 42.0 Å². The van der Waals surface area contributed by atoms with Gasteiger partial charge in [-0.1, -0.05) is 18.5 Å². The lowest BCUT2D eigenvalue weighted by Gasteiger charge is -2.24. The normalized spacial score (nSPS) is 14.0. The molecule has 6 nitrogen and oxygen atoms in total. The van der Waals surface area contributed by atoms with Crippen LogP contribution in [0.1, 0.15) is 20.3 Å². The number of nitrogens with zero attached hydrogens (tertiary/aromatic N) is 4. The van der Waals surface area contributed by atoms with Gasteiger partial charge in [0.25, 0.3) is 0 Å². The minimum atomic E-state index is -1.37. The SMILES string of the molecule is CCC(C)(C(=O)O)n1nnnc1-c1cc(Cl)ccc1F. The van der Waals surface area contributed by atoms with Crippen LogP contribution < -0.4 is 0 Å². The summed E-state index contributed by atoms with van der Waals surface area (Å²) >= 11 is 5.84. The Morgan fingerprint density at radius 3 is 2.85 bits per heavy atom. The summed E-state index contributed by atoms with van der Waals surface area (Å²) in [5, 5.41) is 20.5. The fourth-order valence-corrected chi connectivity index (χ4v) is 1.92. The van der Waals surface area contributed by atoms with Crippen molar-refractivity contribution in [3.05, 3.63) is 29.0 Å². The molecule has 8 heteroatoms. The first-order chi connectivity index (χ1) is 9.40. The number of hydrogen-bond donors (Lipinski definition) is 1. The third-order valence-corrected chi connectivity index (χ3v) is 3.49. The lowest BCUT2D eigenvalue weighted by Crippen LogP contribution is -2.39. The second kappa shape index (κ2) is 5.16. The van der Waals surface area contributed by atoms with Crippen molar-refractivity contribution in [3.8, 4) is 11.4 Å². The molecule has 1 N–H and O–H groups in total. The van der Waals surface area contributed by atoms with Crippen molar-refractivity contribution in [2.24, 2.45) is 0 Å². The summed E-state index contributed by atoms with van der Waals surface area (Å²) in [5.41, 5.74) is -1.31. The molecule has 1 unspecified atom stereocenters. The topological polar surface area (TPSA) is 80.9 Å². The zero-order valence-electron chi connectivity index (χ0n) is 10.8. The van der Waals surface area contributed by atoms with Gasteiger partial charge in [0, 0.05) is 5.02 Å². The maximum atomic E-state index is 13.9. The number of aliphatic carboxylic acids is 1. The summed E-state index contributed by atoms with van der Waals surface area (Å²) in [4.78, 5) is 11.4. The first-order valence-corrected chi connectivity index (χ1v) is 6.25. The molecule has 0 fully saturated rings. The predicted octanol–water partition coefficient (Wildman–Crippen LogP) is 2.34. The van der Waals surface area contributed by atoms with E-state index in [1.807, 2.05) is 0 Å². The summed E-state index contributed by atoms with van der Waals surface area (Å²) in [7, 11) is 0. The van der Waals surface area contributed by atoms with E-state index in [4.69, 9.17) is 11.6 Å². The molecule has 1 aromatic heterocycles. The fraction of sp³-hybridized carbons (Fsp3) is 0.333. The molecule has 0 saturated heterocycles. The molecular formula is C12H12ClFN4O2. The van der Waals surface area contributed by atoms with Gasteiger partial charge in [0.05, 0.1) is 5.56 Å². The summed E-state index contributed by atoms with van der Waals surface area (Å²) in [6.45, 7) is 3.16. The van der Waals surface area contributed by atoms with Crippen LogP contribution in [0.25, 0.3) is 11.4 Å². The van der Waals surface area contributed by atoms with Crippen molar-refractivity contribution < 1.29 is 14.3 Å². The second-order valence-electron chi connectivity index (χ2n) is 4.47. The lowest BCUT2D eigenvalue weighted by molar-refractivity contribution is -0.147. The Morgan fingerprint density at radius 1 is 1.55 bits per heavy atom. The van der Waals surface area contributed by atoms with Gasteiger partial charge < -0.3 is 5.11 Å². The molecule has 0 aliphatic heterocycles. The Morgan fingerprint density at radius 2 is 2.25 bits per heavy atom. The van der Waals surface area contributed by atoms with Crippen LogP contribution in [0.4, 0.5) is 4.39 Å². The summed E-state index contributed by atoms with van der Waals surface area (Å²) in [6, 6.07) is 3.93. The Bertz CT molecular complexity index is 661. The number of carboxylic acids is 1. The van der Waals surface area contributed by atoms with Crippen molar-refractivity contribution in [2.75, 3.05) is 0 Å². The van der Waals surface area contributed by atoms with Crippen molar-refractivity contribution in [1.82, 2.24) is 20.2 Å². The van der Waals surface area contributed by atoms with Crippen molar-refractivity contribution in [3.63, 3.8) is 0 Å². The van der Waals surface area contributed by atoms with Crippen LogP contribution in [-0.2, 0) is 10.3 Å². The van der Waals surface area contributed by atoms with Gasteiger partial charge in [0.2, 0.25) is 0 Å². The minimum Gasteiger partial charge on any atom is -0.479 e. The number of aromatic nitrogens is 4. The molecule has 0 amide bonds. The first kappa shape index (κ1) is 14.4. The van der Waals surface area contributed by atoms with Crippen LogP contribution in [-0.4, -0.2) is 31.3 Å². The van der Waals surface area contributed by atoms with Crippen molar-refractivity contribution in [1.29, 1.82) is 0 Å². The molecule has 2 rings (SSSR count). The molecule has 2 aromatic rings. The van der Waals surface area contributed by atoms with E-state index >= 15 is 0 Å². The Labute approximate surface area is 119 Å². The minimum absolute atomic E-state index is 0.0248. The zero-order chi connectivity index (χ0) is 14.9. The van der Waals surface area contributed by atoms with Gasteiger partial charge in [-0.25, -0.2) is 13.9 Å². The summed E-state index contributed by atoms with van der Waals surface area (Å²) in [5.74, 6) is -1.65. The van der Waals surface area contributed by atoms with Crippen LogP contribution in [0.5, 0.6) is 0 Å².